The Kier molecular flexibility index (Phi) is 6.05. The van der Waals surface area contributed by atoms with Gasteiger partial charge in [0.05, 0.1) is 0 Å². The van der Waals surface area contributed by atoms with Gasteiger partial charge in [0.1, 0.15) is 0 Å². The van der Waals surface area contributed by atoms with Crippen molar-refractivity contribution in [3.63, 3.8) is 0 Å². The van der Waals surface area contributed by atoms with Crippen LogP contribution in [-0.4, -0.2) is 55.8 Å². The highest BCUT2D eigenvalue weighted by atomic mass is 32.2. The summed E-state index contributed by atoms with van der Waals surface area (Å²) in [5.74, 6) is 0.537. The molecule has 21 heavy (non-hydrogen) atoms. The number of nitrogens with one attached hydrogen (secondary N) is 1. The summed E-state index contributed by atoms with van der Waals surface area (Å²) in [6.07, 6.45) is 6.42. The second kappa shape index (κ2) is 7.40. The van der Waals surface area contributed by atoms with Gasteiger partial charge in [-0.25, -0.2) is 0 Å². The third-order valence-corrected chi connectivity index (χ3v) is 6.28. The summed E-state index contributed by atoms with van der Waals surface area (Å²) < 4.78 is 28.7. The fourth-order valence-electron chi connectivity index (χ4n) is 2.42. The molecule has 2 aliphatic rings. The monoisotopic (exact) mass is 317 g/mol. The first kappa shape index (κ1) is 17.2. The van der Waals surface area contributed by atoms with Crippen molar-refractivity contribution in [1.82, 2.24) is 13.9 Å². The van der Waals surface area contributed by atoms with Crippen molar-refractivity contribution in [3.05, 3.63) is 0 Å². The maximum absolute atomic E-state index is 12.7. The van der Waals surface area contributed by atoms with Crippen LogP contribution in [0.25, 0.3) is 0 Å². The molecule has 1 N–H and O–H groups in total. The van der Waals surface area contributed by atoms with E-state index in [4.69, 9.17) is 0 Å². The number of rotatable bonds is 11. The predicted molar refractivity (Wildman–Crippen MR) is 86.4 cm³/mol. The SMILES string of the molecule is CC(C)CCN(C1CC1)S(=O)(=O)N(C)CCCNC1CC1. The summed E-state index contributed by atoms with van der Waals surface area (Å²) in [6.45, 7) is 6.47. The molecule has 0 aromatic carbocycles. The Bertz CT molecular complexity index is 417. The molecule has 6 heteroatoms. The lowest BCUT2D eigenvalue weighted by atomic mass is 10.1. The van der Waals surface area contributed by atoms with Crippen LogP contribution in [0.3, 0.4) is 0 Å². The summed E-state index contributed by atoms with van der Waals surface area (Å²) in [6, 6.07) is 0.946. The molecule has 0 aromatic heterocycles. The number of hydrogen-bond donors (Lipinski definition) is 1. The smallest absolute Gasteiger partial charge is 0.281 e. The van der Waals surface area contributed by atoms with E-state index < -0.39 is 10.2 Å². The standard InChI is InChI=1S/C15H31N3O2S/c1-13(2)9-12-18(15-7-8-15)21(19,20)17(3)11-4-10-16-14-5-6-14/h13-16H,4-12H2,1-3H3. The zero-order chi connectivity index (χ0) is 15.5. The first-order chi connectivity index (χ1) is 9.91. The van der Waals surface area contributed by atoms with Crippen LogP contribution in [-0.2, 0) is 10.2 Å². The molecular weight excluding hydrogens is 286 g/mol. The minimum atomic E-state index is -3.28. The molecule has 0 heterocycles. The first-order valence-electron chi connectivity index (χ1n) is 8.37. The van der Waals surface area contributed by atoms with Crippen LogP contribution < -0.4 is 5.32 Å². The van der Waals surface area contributed by atoms with Crippen molar-refractivity contribution in [2.45, 2.75) is 64.5 Å². The maximum Gasteiger partial charge on any atom is 0.281 e. The molecule has 5 nitrogen and oxygen atoms in total. The van der Waals surface area contributed by atoms with E-state index in [-0.39, 0.29) is 6.04 Å². The molecule has 0 unspecified atom stereocenters. The fraction of sp³-hybridized carbons (Fsp3) is 1.00. The van der Waals surface area contributed by atoms with Gasteiger partial charge in [-0.15, -0.1) is 0 Å². The summed E-state index contributed by atoms with van der Waals surface area (Å²) in [4.78, 5) is 0. The van der Waals surface area contributed by atoms with Crippen LogP contribution in [0, 0.1) is 5.92 Å². The third kappa shape index (κ3) is 5.51. The summed E-state index contributed by atoms with van der Waals surface area (Å²) in [7, 11) is -1.56. The molecule has 0 bridgehead atoms. The van der Waals surface area contributed by atoms with Crippen molar-refractivity contribution < 1.29 is 8.42 Å². The van der Waals surface area contributed by atoms with E-state index >= 15 is 0 Å². The minimum absolute atomic E-state index is 0.251. The molecule has 0 spiro atoms. The average molecular weight is 317 g/mol. The molecule has 0 saturated heterocycles. The molecule has 2 fully saturated rings. The van der Waals surface area contributed by atoms with Gasteiger partial charge < -0.3 is 5.32 Å². The first-order valence-corrected chi connectivity index (χ1v) is 9.77. The highest BCUT2D eigenvalue weighted by Crippen LogP contribution is 2.30. The van der Waals surface area contributed by atoms with Crippen LogP contribution in [0.1, 0.15) is 52.4 Å². The predicted octanol–water partition coefficient (Wildman–Crippen LogP) is 1.82. The summed E-state index contributed by atoms with van der Waals surface area (Å²) >= 11 is 0. The van der Waals surface area contributed by atoms with Crippen molar-refractivity contribution in [2.24, 2.45) is 5.92 Å². The van der Waals surface area contributed by atoms with Crippen LogP contribution in [0.15, 0.2) is 0 Å². The highest BCUT2D eigenvalue weighted by Gasteiger charge is 2.38. The van der Waals surface area contributed by atoms with E-state index in [1.54, 1.807) is 15.7 Å². The molecule has 2 rings (SSSR count). The molecule has 2 saturated carbocycles. The Balaban J connectivity index is 1.80. The molecular formula is C15H31N3O2S. The Morgan fingerprint density at radius 1 is 1.14 bits per heavy atom. The van der Waals surface area contributed by atoms with Crippen molar-refractivity contribution in [3.8, 4) is 0 Å². The lowest BCUT2D eigenvalue weighted by Gasteiger charge is -2.28. The second-order valence-corrected chi connectivity index (χ2v) is 8.92. The zero-order valence-electron chi connectivity index (χ0n) is 13.7. The van der Waals surface area contributed by atoms with E-state index in [9.17, 15) is 8.42 Å². The van der Waals surface area contributed by atoms with E-state index in [0.29, 0.717) is 25.0 Å². The second-order valence-electron chi connectivity index (χ2n) is 6.94. The van der Waals surface area contributed by atoms with Gasteiger partial charge in [0, 0.05) is 32.2 Å². The van der Waals surface area contributed by atoms with Gasteiger partial charge >= 0.3 is 0 Å². The zero-order valence-corrected chi connectivity index (χ0v) is 14.5. The lowest BCUT2D eigenvalue weighted by Crippen LogP contribution is -2.44. The van der Waals surface area contributed by atoms with Crippen LogP contribution in [0.2, 0.25) is 0 Å². The third-order valence-electron chi connectivity index (χ3n) is 4.23. The highest BCUT2D eigenvalue weighted by molar-refractivity contribution is 7.86. The Labute approximate surface area is 130 Å². The van der Waals surface area contributed by atoms with Crippen molar-refractivity contribution in [1.29, 1.82) is 0 Å². The van der Waals surface area contributed by atoms with Crippen LogP contribution >= 0.6 is 0 Å². The van der Waals surface area contributed by atoms with Gasteiger partial charge in [0.2, 0.25) is 0 Å². The van der Waals surface area contributed by atoms with Crippen molar-refractivity contribution in [2.75, 3.05) is 26.7 Å². The van der Waals surface area contributed by atoms with E-state index in [1.165, 1.54) is 12.8 Å². The van der Waals surface area contributed by atoms with Crippen LogP contribution in [0.5, 0.6) is 0 Å². The van der Waals surface area contributed by atoms with Crippen LogP contribution in [0.4, 0.5) is 0 Å². The topological polar surface area (TPSA) is 52.7 Å². The average Bonchev–Trinajstić information content (AvgIpc) is 3.26. The Morgan fingerprint density at radius 3 is 2.33 bits per heavy atom. The van der Waals surface area contributed by atoms with Crippen molar-refractivity contribution >= 4 is 10.2 Å². The summed E-state index contributed by atoms with van der Waals surface area (Å²) in [5, 5.41) is 3.43. The normalized spacial score (nSPS) is 19.9. The molecule has 0 aliphatic heterocycles. The van der Waals surface area contributed by atoms with E-state index in [2.05, 4.69) is 19.2 Å². The molecule has 0 radical (unpaired) electrons. The van der Waals surface area contributed by atoms with Gasteiger partial charge in [0.25, 0.3) is 10.2 Å². The lowest BCUT2D eigenvalue weighted by molar-refractivity contribution is 0.333. The number of nitrogens with zero attached hydrogens (tertiary/aromatic N) is 2. The Morgan fingerprint density at radius 2 is 1.81 bits per heavy atom. The van der Waals surface area contributed by atoms with E-state index in [1.807, 2.05) is 0 Å². The molecule has 124 valence electrons. The van der Waals surface area contributed by atoms with Gasteiger partial charge in [-0.3, -0.25) is 0 Å². The fourth-order valence-corrected chi connectivity index (χ4v) is 4.07. The number of hydrogen-bond acceptors (Lipinski definition) is 3. The largest absolute Gasteiger partial charge is 0.314 e. The van der Waals surface area contributed by atoms with E-state index in [0.717, 1.165) is 32.2 Å². The minimum Gasteiger partial charge on any atom is -0.314 e. The summed E-state index contributed by atoms with van der Waals surface area (Å²) in [5.41, 5.74) is 0. The maximum atomic E-state index is 12.7. The molecule has 2 aliphatic carbocycles. The Hall–Kier alpha value is -0.170. The van der Waals surface area contributed by atoms with Gasteiger partial charge in [-0.2, -0.15) is 17.0 Å². The molecule has 0 amide bonds. The van der Waals surface area contributed by atoms with Gasteiger partial charge in [-0.05, 0) is 51.0 Å². The van der Waals surface area contributed by atoms with Gasteiger partial charge in [-0.1, -0.05) is 13.8 Å². The molecule has 0 atom stereocenters. The molecule has 0 aromatic rings. The van der Waals surface area contributed by atoms with Gasteiger partial charge in [0.15, 0.2) is 0 Å². The quantitative estimate of drug-likeness (QED) is 0.591.